The zero-order chi connectivity index (χ0) is 21.2. The lowest BCUT2D eigenvalue weighted by Crippen LogP contribution is -2.12. The Hall–Kier alpha value is -2.79. The number of rotatable bonds is 6. The molecule has 0 saturated carbocycles. The molecule has 154 valence electrons. The van der Waals surface area contributed by atoms with Crippen molar-refractivity contribution in [3.8, 4) is 23.0 Å². The Bertz CT molecular complexity index is 1010. The summed E-state index contributed by atoms with van der Waals surface area (Å²) in [6, 6.07) is 11.5. The van der Waals surface area contributed by atoms with Gasteiger partial charge in [0.2, 0.25) is 0 Å². The van der Waals surface area contributed by atoms with Gasteiger partial charge in [0, 0.05) is 23.2 Å². The van der Waals surface area contributed by atoms with Gasteiger partial charge in [-0.2, -0.15) is 0 Å². The molecular formula is C24H29NO4. The quantitative estimate of drug-likeness (QED) is 0.573. The fourth-order valence-electron chi connectivity index (χ4n) is 3.24. The molecule has 3 aromatic rings. The second-order valence-corrected chi connectivity index (χ2v) is 8.06. The maximum atomic E-state index is 10.6. The van der Waals surface area contributed by atoms with Gasteiger partial charge in [0.15, 0.2) is 11.5 Å². The number of methoxy groups -OCH3 is 2. The highest BCUT2D eigenvalue weighted by Gasteiger charge is 2.20. The van der Waals surface area contributed by atoms with E-state index < -0.39 is 6.10 Å². The summed E-state index contributed by atoms with van der Waals surface area (Å²) in [6.07, 6.45) is 1.70. The van der Waals surface area contributed by atoms with Gasteiger partial charge in [-0.25, -0.2) is 0 Å². The number of aliphatic hydroxyl groups excluding tert-OH is 1. The molecular weight excluding hydrogens is 366 g/mol. The lowest BCUT2D eigenvalue weighted by atomic mass is 9.85. The van der Waals surface area contributed by atoms with Crippen LogP contribution in [-0.2, 0) is 5.41 Å². The SMILES string of the molecule is CCC(O)c1cc(C(C)(C)C)ccc1Oc1ccnc2cc(OC)c(OC)cc12. The van der Waals surface area contributed by atoms with Crippen LogP contribution in [-0.4, -0.2) is 24.3 Å². The topological polar surface area (TPSA) is 60.8 Å². The first-order valence-corrected chi connectivity index (χ1v) is 9.79. The molecule has 0 aliphatic rings. The van der Waals surface area contributed by atoms with Crippen molar-refractivity contribution in [1.29, 1.82) is 0 Å². The Morgan fingerprint density at radius 1 is 0.931 bits per heavy atom. The fraction of sp³-hybridized carbons (Fsp3) is 0.375. The fourth-order valence-corrected chi connectivity index (χ4v) is 3.24. The minimum Gasteiger partial charge on any atom is -0.493 e. The molecule has 2 aromatic carbocycles. The smallest absolute Gasteiger partial charge is 0.162 e. The van der Waals surface area contributed by atoms with E-state index >= 15 is 0 Å². The van der Waals surface area contributed by atoms with E-state index in [4.69, 9.17) is 14.2 Å². The third kappa shape index (κ3) is 4.30. The summed E-state index contributed by atoms with van der Waals surface area (Å²) in [5.74, 6) is 2.50. The maximum absolute atomic E-state index is 10.6. The van der Waals surface area contributed by atoms with Gasteiger partial charge in [-0.05, 0) is 41.7 Å². The molecule has 29 heavy (non-hydrogen) atoms. The number of pyridine rings is 1. The Morgan fingerprint density at radius 2 is 1.62 bits per heavy atom. The number of benzene rings is 2. The highest BCUT2D eigenvalue weighted by atomic mass is 16.5. The monoisotopic (exact) mass is 395 g/mol. The second-order valence-electron chi connectivity index (χ2n) is 8.06. The summed E-state index contributed by atoms with van der Waals surface area (Å²) in [6.45, 7) is 8.42. The van der Waals surface area contributed by atoms with Crippen LogP contribution < -0.4 is 14.2 Å². The van der Waals surface area contributed by atoms with Crippen molar-refractivity contribution in [2.24, 2.45) is 0 Å². The van der Waals surface area contributed by atoms with E-state index in [-0.39, 0.29) is 5.41 Å². The largest absolute Gasteiger partial charge is 0.493 e. The van der Waals surface area contributed by atoms with Crippen LogP contribution in [0.1, 0.15) is 51.3 Å². The summed E-state index contributed by atoms with van der Waals surface area (Å²) in [5.41, 5.74) is 2.65. The molecule has 1 heterocycles. The van der Waals surface area contributed by atoms with Crippen LogP contribution in [0.5, 0.6) is 23.0 Å². The average molecular weight is 395 g/mol. The van der Waals surface area contributed by atoms with E-state index in [0.29, 0.717) is 29.4 Å². The molecule has 1 unspecified atom stereocenters. The summed E-state index contributed by atoms with van der Waals surface area (Å²) >= 11 is 0. The van der Waals surface area contributed by atoms with Crippen LogP contribution in [0.25, 0.3) is 10.9 Å². The minimum atomic E-state index is -0.602. The molecule has 0 bridgehead atoms. The zero-order valence-electron chi connectivity index (χ0n) is 17.9. The Kier molecular flexibility index (Phi) is 5.99. The predicted octanol–water partition coefficient (Wildman–Crippen LogP) is 5.79. The van der Waals surface area contributed by atoms with Crippen LogP contribution >= 0.6 is 0 Å². The van der Waals surface area contributed by atoms with Gasteiger partial charge in [0.1, 0.15) is 11.5 Å². The Labute approximate surface area is 172 Å². The van der Waals surface area contributed by atoms with Crippen molar-refractivity contribution in [1.82, 2.24) is 4.98 Å². The molecule has 0 spiro atoms. The van der Waals surface area contributed by atoms with Crippen LogP contribution in [0.3, 0.4) is 0 Å². The molecule has 0 amide bonds. The summed E-state index contributed by atoms with van der Waals surface area (Å²) in [5, 5.41) is 11.4. The van der Waals surface area contributed by atoms with E-state index in [9.17, 15) is 5.11 Å². The number of hydrogen-bond donors (Lipinski definition) is 1. The van der Waals surface area contributed by atoms with E-state index in [1.54, 1.807) is 20.4 Å². The average Bonchev–Trinajstić information content (AvgIpc) is 2.71. The number of aliphatic hydroxyl groups is 1. The van der Waals surface area contributed by atoms with Gasteiger partial charge >= 0.3 is 0 Å². The molecule has 3 rings (SSSR count). The number of nitrogens with zero attached hydrogens (tertiary/aromatic N) is 1. The highest BCUT2D eigenvalue weighted by molar-refractivity contribution is 5.88. The lowest BCUT2D eigenvalue weighted by Gasteiger charge is -2.23. The van der Waals surface area contributed by atoms with Crippen molar-refractivity contribution in [3.63, 3.8) is 0 Å². The third-order valence-corrected chi connectivity index (χ3v) is 5.05. The molecule has 1 aromatic heterocycles. The van der Waals surface area contributed by atoms with Crippen molar-refractivity contribution in [2.45, 2.75) is 45.6 Å². The first-order valence-electron chi connectivity index (χ1n) is 9.79. The molecule has 0 saturated heterocycles. The summed E-state index contributed by atoms with van der Waals surface area (Å²) < 4.78 is 17.1. The van der Waals surface area contributed by atoms with E-state index in [0.717, 1.165) is 22.0 Å². The van der Waals surface area contributed by atoms with Crippen LogP contribution in [0.4, 0.5) is 0 Å². The normalized spacial score (nSPS) is 12.7. The van der Waals surface area contributed by atoms with E-state index in [1.807, 2.05) is 43.3 Å². The van der Waals surface area contributed by atoms with Crippen molar-refractivity contribution in [2.75, 3.05) is 14.2 Å². The number of aromatic nitrogens is 1. The highest BCUT2D eigenvalue weighted by Crippen LogP contribution is 2.39. The zero-order valence-corrected chi connectivity index (χ0v) is 17.9. The molecule has 1 atom stereocenters. The molecule has 0 radical (unpaired) electrons. The molecule has 0 aliphatic carbocycles. The Morgan fingerprint density at radius 3 is 2.24 bits per heavy atom. The van der Waals surface area contributed by atoms with Crippen molar-refractivity contribution in [3.05, 3.63) is 53.7 Å². The molecule has 5 heteroatoms. The first-order chi connectivity index (χ1) is 13.8. The standard InChI is InChI=1S/C24H29NO4/c1-7-19(26)17-12-15(24(2,3)4)8-9-20(17)29-21-10-11-25-18-14-23(28-6)22(27-5)13-16(18)21/h8-14,19,26H,7H2,1-6H3. The summed E-state index contributed by atoms with van der Waals surface area (Å²) in [4.78, 5) is 4.42. The number of fused-ring (bicyclic) bond motifs is 1. The van der Waals surface area contributed by atoms with Crippen molar-refractivity contribution < 1.29 is 19.3 Å². The van der Waals surface area contributed by atoms with Gasteiger partial charge in [0.05, 0.1) is 25.8 Å². The first kappa shape index (κ1) is 20.9. The van der Waals surface area contributed by atoms with Crippen LogP contribution in [0.15, 0.2) is 42.6 Å². The summed E-state index contributed by atoms with van der Waals surface area (Å²) in [7, 11) is 3.20. The number of ether oxygens (including phenoxy) is 3. The molecule has 0 aliphatic heterocycles. The minimum absolute atomic E-state index is 0.0198. The van der Waals surface area contributed by atoms with E-state index in [1.165, 1.54) is 0 Å². The van der Waals surface area contributed by atoms with Gasteiger partial charge in [0.25, 0.3) is 0 Å². The van der Waals surface area contributed by atoms with E-state index in [2.05, 4.69) is 25.8 Å². The molecule has 0 fully saturated rings. The molecule has 1 N–H and O–H groups in total. The van der Waals surface area contributed by atoms with Crippen LogP contribution in [0.2, 0.25) is 0 Å². The van der Waals surface area contributed by atoms with Crippen LogP contribution in [0, 0.1) is 0 Å². The lowest BCUT2D eigenvalue weighted by molar-refractivity contribution is 0.170. The molecule has 5 nitrogen and oxygen atoms in total. The number of hydrogen-bond acceptors (Lipinski definition) is 5. The van der Waals surface area contributed by atoms with Gasteiger partial charge in [-0.15, -0.1) is 0 Å². The maximum Gasteiger partial charge on any atom is 0.162 e. The third-order valence-electron chi connectivity index (χ3n) is 5.05. The Balaban J connectivity index is 2.11. The second kappa shape index (κ2) is 8.29. The van der Waals surface area contributed by atoms with Gasteiger partial charge in [-0.1, -0.05) is 33.8 Å². The van der Waals surface area contributed by atoms with Gasteiger partial charge < -0.3 is 19.3 Å². The van der Waals surface area contributed by atoms with Gasteiger partial charge in [-0.3, -0.25) is 4.98 Å². The predicted molar refractivity (Wildman–Crippen MR) is 115 cm³/mol. The van der Waals surface area contributed by atoms with Crippen molar-refractivity contribution >= 4 is 10.9 Å².